The average molecular weight is 659 g/mol. The van der Waals surface area contributed by atoms with Crippen LogP contribution in [0.15, 0.2) is 21.2 Å². The van der Waals surface area contributed by atoms with Crippen molar-refractivity contribution in [1.29, 1.82) is 0 Å². The Hall–Kier alpha value is -0.660. The van der Waals surface area contributed by atoms with E-state index in [1.54, 1.807) is 0 Å². The molecule has 0 amide bonds. The van der Waals surface area contributed by atoms with Crippen LogP contribution >= 0.6 is 31.9 Å². The highest BCUT2D eigenvalue weighted by molar-refractivity contribution is 9.11. The van der Waals surface area contributed by atoms with Crippen LogP contribution in [0.25, 0.3) is 0 Å². The van der Waals surface area contributed by atoms with Crippen LogP contribution in [-0.4, -0.2) is 39.2 Å². The van der Waals surface area contributed by atoms with Gasteiger partial charge in [0.15, 0.2) is 0 Å². The molecule has 38 heavy (non-hydrogen) atoms. The quantitative estimate of drug-likeness (QED) is 0.179. The van der Waals surface area contributed by atoms with Gasteiger partial charge in [0, 0.05) is 17.3 Å². The summed E-state index contributed by atoms with van der Waals surface area (Å²) >= 11 is 7.54. The molecule has 0 bridgehead atoms. The Balaban J connectivity index is 1.83. The fourth-order valence-corrected chi connectivity index (χ4v) is 10.5. The zero-order chi connectivity index (χ0) is 28.4. The molecule has 4 saturated carbocycles. The van der Waals surface area contributed by atoms with Crippen LogP contribution in [0.4, 0.5) is 0 Å². The molecule has 4 rings (SSSR count). The number of carbonyl (C=O) groups is 2. The predicted molar refractivity (Wildman–Crippen MR) is 157 cm³/mol. The van der Waals surface area contributed by atoms with E-state index in [1.165, 1.54) is 6.92 Å². The largest absolute Gasteiger partial charge is 0.478 e. The van der Waals surface area contributed by atoms with Crippen molar-refractivity contribution in [3.05, 3.63) is 21.2 Å². The highest BCUT2D eigenvalue weighted by Crippen LogP contribution is 2.74. The van der Waals surface area contributed by atoms with Gasteiger partial charge >= 0.3 is 11.9 Å². The van der Waals surface area contributed by atoms with Crippen molar-refractivity contribution in [3.8, 4) is 0 Å². The second-order valence-corrected chi connectivity index (χ2v) is 15.8. The highest BCUT2D eigenvalue weighted by atomic mass is 79.9. The molecule has 10 atom stereocenters. The van der Waals surface area contributed by atoms with Gasteiger partial charge in [-0.2, -0.15) is 0 Å². The summed E-state index contributed by atoms with van der Waals surface area (Å²) in [5.41, 5.74) is 1.77. The molecule has 2 N–H and O–H groups in total. The summed E-state index contributed by atoms with van der Waals surface area (Å²) in [7, 11) is 0. The Labute approximate surface area is 245 Å². The van der Waals surface area contributed by atoms with Gasteiger partial charge in [-0.25, -0.2) is 4.79 Å². The van der Waals surface area contributed by atoms with E-state index in [4.69, 9.17) is 4.74 Å². The van der Waals surface area contributed by atoms with Crippen molar-refractivity contribution in [1.82, 2.24) is 0 Å². The molecule has 0 aliphatic heterocycles. The van der Waals surface area contributed by atoms with Gasteiger partial charge in [-0.3, -0.25) is 4.79 Å². The summed E-state index contributed by atoms with van der Waals surface area (Å²) in [5, 5.41) is 22.4. The number of rotatable bonds is 5. The van der Waals surface area contributed by atoms with E-state index >= 15 is 0 Å². The molecule has 4 aliphatic carbocycles. The summed E-state index contributed by atoms with van der Waals surface area (Å²) in [6, 6.07) is 0. The zero-order valence-corrected chi connectivity index (χ0v) is 27.2. The first-order valence-electron chi connectivity index (χ1n) is 14.4. The van der Waals surface area contributed by atoms with Crippen LogP contribution in [0.3, 0.4) is 0 Å². The van der Waals surface area contributed by atoms with Gasteiger partial charge in [0.25, 0.3) is 0 Å². The molecule has 0 spiro atoms. The van der Waals surface area contributed by atoms with Gasteiger partial charge in [0.05, 0.1) is 6.10 Å². The van der Waals surface area contributed by atoms with E-state index in [9.17, 15) is 19.8 Å². The van der Waals surface area contributed by atoms with Crippen molar-refractivity contribution < 1.29 is 24.5 Å². The number of carboxylic acid groups (broad SMARTS) is 1. The van der Waals surface area contributed by atoms with Gasteiger partial charge in [-0.1, -0.05) is 65.1 Å². The Kier molecular flexibility index (Phi) is 8.48. The Bertz CT molecular complexity index is 1050. The monoisotopic (exact) mass is 656 g/mol. The summed E-state index contributed by atoms with van der Waals surface area (Å²) in [6.07, 6.45) is 5.30. The SMILES string of the molecule is CC(=O)O[C@H]1C[C@@]2(C)C(C[C@@H](O)C3[C@@]4(C)CC[C@H](Br)[C@@H](C)C4CC[C@@]32C)/C1=C(\CCC(Br)=C(C)C)C(=O)O. The molecule has 4 fully saturated rings. The van der Waals surface area contributed by atoms with E-state index in [2.05, 4.69) is 59.6 Å². The molecule has 3 unspecified atom stereocenters. The molecule has 0 aromatic heterocycles. The second-order valence-electron chi connectivity index (χ2n) is 13.7. The van der Waals surface area contributed by atoms with Gasteiger partial charge in [-0.05, 0) is 115 Å². The molecule has 0 aromatic carbocycles. The number of carboxylic acids is 1. The van der Waals surface area contributed by atoms with Crippen molar-refractivity contribution in [2.24, 2.45) is 39.9 Å². The van der Waals surface area contributed by atoms with Crippen LogP contribution < -0.4 is 0 Å². The molecule has 0 aromatic rings. The number of aliphatic hydroxyl groups is 1. The lowest BCUT2D eigenvalue weighted by Crippen LogP contribution is -2.65. The molecule has 5 nitrogen and oxygen atoms in total. The lowest BCUT2D eigenvalue weighted by molar-refractivity contribution is -0.224. The van der Waals surface area contributed by atoms with Crippen LogP contribution in [0.2, 0.25) is 0 Å². The molecule has 7 heteroatoms. The van der Waals surface area contributed by atoms with E-state index < -0.39 is 18.2 Å². The number of alkyl halides is 1. The number of fused-ring (bicyclic) bond motifs is 5. The standard InChI is InChI=1S/C31H46Br2O5/c1-16(2)22(32)9-8-19(28(36)37)26-21-14-24(35)27-29(5)12-11-23(33)17(3)20(29)10-13-30(27,6)31(21,7)15-25(26)38-18(4)34/h17,20-21,23-25,27,35H,8-15H2,1-7H3,(H,36,37)/b26-19-/t17-,20?,21?,23-,24+,25-,27?,29-,30-,31-/m0/s1. The third-order valence-electron chi connectivity index (χ3n) is 11.7. The number of halogens is 2. The molecule has 0 saturated heterocycles. The maximum Gasteiger partial charge on any atom is 0.331 e. The first-order chi connectivity index (χ1) is 17.6. The van der Waals surface area contributed by atoms with E-state index in [-0.39, 0.29) is 34.1 Å². The Morgan fingerprint density at radius 1 is 1.05 bits per heavy atom. The average Bonchev–Trinajstić information content (AvgIpc) is 3.08. The van der Waals surface area contributed by atoms with E-state index in [0.29, 0.717) is 47.9 Å². The van der Waals surface area contributed by atoms with Crippen LogP contribution in [0.5, 0.6) is 0 Å². The number of aliphatic carboxylic acids is 1. The van der Waals surface area contributed by atoms with Gasteiger partial charge < -0.3 is 14.9 Å². The predicted octanol–water partition coefficient (Wildman–Crippen LogP) is 7.79. The summed E-state index contributed by atoms with van der Waals surface area (Å²) < 4.78 is 6.92. The third kappa shape index (κ3) is 4.68. The number of ether oxygens (including phenoxy) is 1. The fourth-order valence-electron chi connectivity index (χ4n) is 9.74. The van der Waals surface area contributed by atoms with E-state index in [0.717, 1.165) is 41.3 Å². The van der Waals surface area contributed by atoms with Crippen LogP contribution in [0.1, 0.15) is 99.8 Å². The summed E-state index contributed by atoms with van der Waals surface area (Å²) in [5.74, 6) is -0.237. The number of hydrogen-bond donors (Lipinski definition) is 2. The summed E-state index contributed by atoms with van der Waals surface area (Å²) in [4.78, 5) is 25.5. The second kappa shape index (κ2) is 10.6. The summed E-state index contributed by atoms with van der Waals surface area (Å²) in [6.45, 7) is 14.9. The lowest BCUT2D eigenvalue weighted by atomic mass is 9.36. The smallest absolute Gasteiger partial charge is 0.331 e. The minimum Gasteiger partial charge on any atom is -0.478 e. The van der Waals surface area contributed by atoms with Gasteiger partial charge in [0.1, 0.15) is 6.10 Å². The lowest BCUT2D eigenvalue weighted by Gasteiger charge is -2.69. The molecule has 214 valence electrons. The number of hydrogen-bond acceptors (Lipinski definition) is 4. The van der Waals surface area contributed by atoms with Gasteiger partial charge in [0.2, 0.25) is 0 Å². The molecule has 0 radical (unpaired) electrons. The first kappa shape index (κ1) is 30.3. The van der Waals surface area contributed by atoms with Crippen molar-refractivity contribution in [2.75, 3.05) is 0 Å². The zero-order valence-electron chi connectivity index (χ0n) is 24.1. The minimum atomic E-state index is -0.947. The number of allylic oxidation sites excluding steroid dienone is 2. The Morgan fingerprint density at radius 3 is 2.29 bits per heavy atom. The number of carbonyl (C=O) groups excluding carboxylic acids is 1. The molecular weight excluding hydrogens is 612 g/mol. The molecular formula is C31H46Br2O5. The highest BCUT2D eigenvalue weighted by Gasteiger charge is 2.70. The fraction of sp³-hybridized carbons (Fsp3) is 0.806. The number of aliphatic hydroxyl groups excluding tert-OH is 1. The molecule has 0 heterocycles. The van der Waals surface area contributed by atoms with Crippen molar-refractivity contribution in [2.45, 2.75) is 117 Å². The topological polar surface area (TPSA) is 83.8 Å². The maximum atomic E-state index is 12.7. The normalized spacial score (nSPS) is 45.4. The van der Waals surface area contributed by atoms with Crippen LogP contribution in [-0.2, 0) is 14.3 Å². The van der Waals surface area contributed by atoms with E-state index in [1.807, 2.05) is 13.8 Å². The number of esters is 1. The maximum absolute atomic E-state index is 12.7. The van der Waals surface area contributed by atoms with Crippen LogP contribution in [0, 0.1) is 39.9 Å². The van der Waals surface area contributed by atoms with Crippen molar-refractivity contribution in [3.63, 3.8) is 0 Å². The minimum absolute atomic E-state index is 0.0252. The first-order valence-corrected chi connectivity index (χ1v) is 16.1. The third-order valence-corrected chi connectivity index (χ3v) is 14.2. The molecule has 4 aliphatic rings. The van der Waals surface area contributed by atoms with Crippen molar-refractivity contribution >= 4 is 43.8 Å². The Morgan fingerprint density at radius 2 is 1.71 bits per heavy atom. The van der Waals surface area contributed by atoms with Gasteiger partial charge in [-0.15, -0.1) is 0 Å².